The minimum absolute atomic E-state index is 0.0394. The summed E-state index contributed by atoms with van der Waals surface area (Å²) < 4.78 is 0. The highest BCUT2D eigenvalue weighted by Gasteiger charge is 2.28. The molecule has 0 unspecified atom stereocenters. The van der Waals surface area contributed by atoms with E-state index in [0.29, 0.717) is 0 Å². The number of hydrogen-bond donors (Lipinski definition) is 3. The van der Waals surface area contributed by atoms with E-state index in [2.05, 4.69) is 10.2 Å². The SMILES string of the molecule is CC(=O)NC1=CC(C(=O)NC#N)=C(C(N)=O)N(CCO[N+](=O)[O-])C1. The van der Waals surface area contributed by atoms with Crippen molar-refractivity contribution in [2.24, 2.45) is 5.73 Å². The molecule has 0 fully saturated rings. The first-order valence-corrected chi connectivity index (χ1v) is 6.50. The second-order valence-electron chi connectivity index (χ2n) is 4.52. The molecule has 1 aliphatic rings. The number of amides is 3. The lowest BCUT2D eigenvalue weighted by Gasteiger charge is -2.31. The molecule has 0 aromatic heterocycles. The topological polar surface area (TPSA) is 181 Å². The number of nitrogens with zero attached hydrogens (tertiary/aromatic N) is 3. The first-order chi connectivity index (χ1) is 11.3. The standard InChI is InChI=1S/C12H14N6O6/c1-7(19)16-8-4-9(12(21)15-6-13)10(11(14)20)17(5-8)2-3-24-18(22)23/h4H,2-3,5H2,1H3,(H2,14,20)(H,15,21)(H,16,19). The molecular weight excluding hydrogens is 324 g/mol. The van der Waals surface area contributed by atoms with Gasteiger partial charge in [0.05, 0.1) is 12.1 Å². The molecule has 0 radical (unpaired) electrons. The van der Waals surface area contributed by atoms with E-state index >= 15 is 0 Å². The molecule has 0 spiro atoms. The van der Waals surface area contributed by atoms with Gasteiger partial charge in [0.15, 0.2) is 6.19 Å². The second-order valence-corrected chi connectivity index (χ2v) is 4.52. The van der Waals surface area contributed by atoms with Crippen molar-refractivity contribution in [3.63, 3.8) is 0 Å². The highest BCUT2D eigenvalue weighted by Crippen LogP contribution is 2.20. The number of nitrogens with two attached hydrogens (primary N) is 1. The highest BCUT2D eigenvalue weighted by molar-refractivity contribution is 6.06. The summed E-state index contributed by atoms with van der Waals surface area (Å²) >= 11 is 0. The Labute approximate surface area is 135 Å². The minimum atomic E-state index is -1.01. The number of primary amides is 1. The van der Waals surface area contributed by atoms with Crippen LogP contribution >= 0.6 is 0 Å². The van der Waals surface area contributed by atoms with Gasteiger partial charge in [-0.3, -0.25) is 19.7 Å². The molecule has 1 rings (SSSR count). The zero-order valence-corrected chi connectivity index (χ0v) is 12.6. The molecule has 12 heteroatoms. The Morgan fingerprint density at radius 1 is 1.54 bits per heavy atom. The quantitative estimate of drug-likeness (QED) is 0.203. The minimum Gasteiger partial charge on any atom is -0.364 e. The van der Waals surface area contributed by atoms with Gasteiger partial charge in [-0.25, -0.2) is 0 Å². The molecule has 0 atom stereocenters. The summed E-state index contributed by atoms with van der Waals surface area (Å²) in [5, 5.41) is 22.1. The lowest BCUT2D eigenvalue weighted by Crippen LogP contribution is -2.43. The lowest BCUT2D eigenvalue weighted by atomic mass is 10.0. The second kappa shape index (κ2) is 8.13. The third kappa shape index (κ3) is 4.98. The third-order valence-corrected chi connectivity index (χ3v) is 2.79. The smallest absolute Gasteiger partial charge is 0.294 e. The van der Waals surface area contributed by atoms with Crippen LogP contribution in [0, 0.1) is 21.6 Å². The van der Waals surface area contributed by atoms with E-state index in [1.54, 1.807) is 0 Å². The van der Waals surface area contributed by atoms with Gasteiger partial charge >= 0.3 is 0 Å². The van der Waals surface area contributed by atoms with Gasteiger partial charge in [0.2, 0.25) is 5.91 Å². The molecule has 0 bridgehead atoms. The van der Waals surface area contributed by atoms with E-state index in [1.807, 2.05) is 5.32 Å². The number of hydrogen-bond acceptors (Lipinski definition) is 8. The number of nitrogens with one attached hydrogen (secondary N) is 2. The molecular formula is C12H14N6O6. The molecule has 1 heterocycles. The normalized spacial score (nSPS) is 13.5. The molecule has 0 aromatic carbocycles. The van der Waals surface area contributed by atoms with E-state index in [0.717, 1.165) is 0 Å². The van der Waals surface area contributed by atoms with Crippen LogP contribution in [0.25, 0.3) is 0 Å². The van der Waals surface area contributed by atoms with Crippen LogP contribution in [-0.4, -0.2) is 47.4 Å². The summed E-state index contributed by atoms with van der Waals surface area (Å²) in [4.78, 5) is 50.5. The molecule has 3 amide bonds. The van der Waals surface area contributed by atoms with Gasteiger partial charge in [-0.1, -0.05) is 0 Å². The van der Waals surface area contributed by atoms with Crippen LogP contribution in [0.5, 0.6) is 0 Å². The Hall–Kier alpha value is -3.62. The van der Waals surface area contributed by atoms with Crippen molar-refractivity contribution in [2.45, 2.75) is 6.92 Å². The van der Waals surface area contributed by atoms with Crippen molar-refractivity contribution in [2.75, 3.05) is 19.7 Å². The van der Waals surface area contributed by atoms with Crippen molar-refractivity contribution in [3.8, 4) is 6.19 Å². The predicted octanol–water partition coefficient (Wildman–Crippen LogP) is -2.13. The van der Waals surface area contributed by atoms with E-state index < -0.39 is 29.4 Å². The number of rotatable bonds is 7. The van der Waals surface area contributed by atoms with Gasteiger partial charge in [-0.2, -0.15) is 5.26 Å². The van der Waals surface area contributed by atoms with Crippen molar-refractivity contribution in [3.05, 3.63) is 33.2 Å². The maximum Gasteiger partial charge on any atom is 0.294 e. The Morgan fingerprint density at radius 2 is 2.21 bits per heavy atom. The molecule has 0 saturated heterocycles. The van der Waals surface area contributed by atoms with E-state index in [9.17, 15) is 24.5 Å². The van der Waals surface area contributed by atoms with Crippen molar-refractivity contribution in [1.82, 2.24) is 15.5 Å². The fourth-order valence-corrected chi connectivity index (χ4v) is 2.04. The van der Waals surface area contributed by atoms with Crippen molar-refractivity contribution in [1.29, 1.82) is 5.26 Å². The predicted molar refractivity (Wildman–Crippen MR) is 76.4 cm³/mol. The zero-order chi connectivity index (χ0) is 18.3. The Morgan fingerprint density at radius 3 is 2.71 bits per heavy atom. The van der Waals surface area contributed by atoms with E-state index in [-0.39, 0.29) is 30.1 Å². The molecule has 24 heavy (non-hydrogen) atoms. The molecule has 12 nitrogen and oxygen atoms in total. The van der Waals surface area contributed by atoms with Gasteiger partial charge < -0.3 is 20.8 Å². The van der Waals surface area contributed by atoms with Gasteiger partial charge in [0, 0.05) is 19.2 Å². The zero-order valence-electron chi connectivity index (χ0n) is 12.6. The maximum atomic E-state index is 11.9. The van der Waals surface area contributed by atoms with Gasteiger partial charge in [-0.05, 0) is 6.08 Å². The Kier molecular flexibility index (Phi) is 6.24. The molecule has 1 aliphatic heterocycles. The molecule has 0 aromatic rings. The first-order valence-electron chi connectivity index (χ1n) is 6.50. The molecule has 0 aliphatic carbocycles. The van der Waals surface area contributed by atoms with Gasteiger partial charge in [0.25, 0.3) is 16.9 Å². The number of carbonyl (C=O) groups is 3. The maximum absolute atomic E-state index is 11.9. The van der Waals surface area contributed by atoms with E-state index in [1.165, 1.54) is 24.1 Å². The van der Waals surface area contributed by atoms with Crippen LogP contribution in [-0.2, 0) is 19.2 Å². The summed E-state index contributed by atoms with van der Waals surface area (Å²) in [6.45, 7) is 0.648. The Bertz CT molecular complexity index is 676. The van der Waals surface area contributed by atoms with E-state index in [4.69, 9.17) is 11.0 Å². The Balaban J connectivity index is 3.21. The van der Waals surface area contributed by atoms with Crippen LogP contribution in [0.2, 0.25) is 0 Å². The number of nitriles is 1. The average Bonchev–Trinajstić information content (AvgIpc) is 2.45. The molecule has 4 N–H and O–H groups in total. The lowest BCUT2D eigenvalue weighted by molar-refractivity contribution is -0.757. The molecule has 128 valence electrons. The van der Waals surface area contributed by atoms with Crippen LogP contribution in [0.3, 0.4) is 0 Å². The number of carbonyl (C=O) groups excluding carboxylic acids is 3. The summed E-state index contributed by atoms with van der Waals surface area (Å²) in [5.74, 6) is -2.31. The fraction of sp³-hybridized carbons (Fsp3) is 0.333. The first kappa shape index (κ1) is 18.4. The van der Waals surface area contributed by atoms with Gasteiger partial charge in [-0.15, -0.1) is 10.1 Å². The van der Waals surface area contributed by atoms with Crippen molar-refractivity contribution < 1.29 is 24.3 Å². The highest BCUT2D eigenvalue weighted by atomic mass is 16.9. The van der Waals surface area contributed by atoms with Crippen LogP contribution in [0.1, 0.15) is 6.92 Å². The van der Waals surface area contributed by atoms with Crippen LogP contribution < -0.4 is 16.4 Å². The van der Waals surface area contributed by atoms with Gasteiger partial charge in [0.1, 0.15) is 12.3 Å². The summed E-state index contributed by atoms with van der Waals surface area (Å²) in [5.41, 5.74) is 5.02. The largest absolute Gasteiger partial charge is 0.364 e. The monoisotopic (exact) mass is 338 g/mol. The summed E-state index contributed by atoms with van der Waals surface area (Å²) in [7, 11) is 0. The fourth-order valence-electron chi connectivity index (χ4n) is 2.04. The summed E-state index contributed by atoms with van der Waals surface area (Å²) in [6.07, 6.45) is 2.63. The molecule has 0 saturated carbocycles. The van der Waals surface area contributed by atoms with Crippen molar-refractivity contribution >= 4 is 17.7 Å². The van der Waals surface area contributed by atoms with Crippen LogP contribution in [0.15, 0.2) is 23.0 Å². The average molecular weight is 338 g/mol. The van der Waals surface area contributed by atoms with Crippen LogP contribution in [0.4, 0.5) is 0 Å². The third-order valence-electron chi connectivity index (χ3n) is 2.79. The summed E-state index contributed by atoms with van der Waals surface area (Å²) in [6, 6.07) is 0.